The molecule has 7 heteroatoms. The largest absolute Gasteiger partial charge is 0.456 e. The van der Waals surface area contributed by atoms with Gasteiger partial charge in [-0.3, -0.25) is 0 Å². The van der Waals surface area contributed by atoms with Gasteiger partial charge in [0.25, 0.3) is 0 Å². The van der Waals surface area contributed by atoms with Crippen LogP contribution in [0.2, 0.25) is 0 Å². The van der Waals surface area contributed by atoms with Gasteiger partial charge < -0.3 is 4.42 Å². The average molecular weight is 682 g/mol. The maximum absolute atomic E-state index is 6.67. The number of fused-ring (bicyclic) bond motifs is 6. The Balaban J connectivity index is 1.42. The van der Waals surface area contributed by atoms with Crippen molar-refractivity contribution in [2.75, 3.05) is 18.8 Å². The SMILES string of the molecule is Bc1c(B)c(B)c(-c2c3ccccc3c(-c3ccc4c(c3)oc3cccc(S(C)(C)C)c34)c3ccc(-c4cccc5ccccc45)cc23)c(B)c1B. The van der Waals surface area contributed by atoms with E-state index < -0.39 is 10.0 Å². The van der Waals surface area contributed by atoms with Crippen molar-refractivity contribution in [1.82, 2.24) is 0 Å². The van der Waals surface area contributed by atoms with Crippen LogP contribution in [0.15, 0.2) is 131 Å². The Kier molecular flexibility index (Phi) is 7.61. The topological polar surface area (TPSA) is 13.1 Å². The molecule has 0 N–H and O–H groups in total. The van der Waals surface area contributed by atoms with Gasteiger partial charge in [-0.15, -0.1) is 16.4 Å². The van der Waals surface area contributed by atoms with Crippen LogP contribution in [0, 0.1) is 0 Å². The number of furan rings is 1. The smallest absolute Gasteiger partial charge is 0.139 e. The molecule has 0 saturated heterocycles. The number of hydrogen-bond donors (Lipinski definition) is 0. The maximum Gasteiger partial charge on any atom is 0.139 e. The van der Waals surface area contributed by atoms with Gasteiger partial charge in [-0.2, -0.15) is 0 Å². The van der Waals surface area contributed by atoms with E-state index in [1.807, 2.05) is 0 Å². The Morgan fingerprint density at radius 3 is 1.73 bits per heavy atom. The van der Waals surface area contributed by atoms with Crippen LogP contribution in [0.1, 0.15) is 0 Å². The molecule has 0 bridgehead atoms. The third-order valence-corrected chi connectivity index (χ3v) is 13.4. The van der Waals surface area contributed by atoms with E-state index in [9.17, 15) is 0 Å². The molecular formula is C45H39B5OS. The highest BCUT2D eigenvalue weighted by molar-refractivity contribution is 8.32. The predicted molar refractivity (Wildman–Crippen MR) is 247 cm³/mol. The normalized spacial score (nSPS) is 12.4. The van der Waals surface area contributed by atoms with Gasteiger partial charge in [-0.05, 0) is 115 Å². The average Bonchev–Trinajstić information content (AvgIpc) is 3.53. The van der Waals surface area contributed by atoms with Gasteiger partial charge in [0.1, 0.15) is 50.4 Å². The van der Waals surface area contributed by atoms with Crippen LogP contribution in [0.3, 0.4) is 0 Å². The van der Waals surface area contributed by atoms with E-state index in [0.717, 1.165) is 11.2 Å². The minimum atomic E-state index is -0.959. The lowest BCUT2D eigenvalue weighted by Crippen LogP contribution is -2.55. The summed E-state index contributed by atoms with van der Waals surface area (Å²) in [5, 5.41) is 10.0. The van der Waals surface area contributed by atoms with E-state index in [0.29, 0.717) is 0 Å². The van der Waals surface area contributed by atoms with Gasteiger partial charge in [-0.1, -0.05) is 102 Å². The third-order valence-electron chi connectivity index (χ3n) is 11.8. The minimum absolute atomic E-state index is 0.939. The Hall–Kier alpha value is -4.99. The highest BCUT2D eigenvalue weighted by atomic mass is 32.3. The molecule has 0 atom stereocenters. The fourth-order valence-electron chi connectivity index (χ4n) is 8.74. The molecule has 52 heavy (non-hydrogen) atoms. The molecule has 0 unspecified atom stereocenters. The third kappa shape index (κ3) is 4.93. The Bertz CT molecular complexity index is 2920. The van der Waals surface area contributed by atoms with Gasteiger partial charge in [0.2, 0.25) is 0 Å². The Morgan fingerprint density at radius 2 is 1.00 bits per heavy atom. The first kappa shape index (κ1) is 32.9. The van der Waals surface area contributed by atoms with Crippen molar-refractivity contribution in [1.29, 1.82) is 0 Å². The summed E-state index contributed by atoms with van der Waals surface area (Å²) in [7, 11) is 10.5. The van der Waals surface area contributed by atoms with Crippen molar-refractivity contribution in [2.24, 2.45) is 0 Å². The van der Waals surface area contributed by atoms with Crippen molar-refractivity contribution in [3.63, 3.8) is 0 Å². The molecule has 0 saturated carbocycles. The molecular weight excluding hydrogens is 643 g/mol. The molecule has 1 heterocycles. The van der Waals surface area contributed by atoms with E-state index in [1.54, 1.807) is 0 Å². The van der Waals surface area contributed by atoms with E-state index in [-0.39, 0.29) is 0 Å². The van der Waals surface area contributed by atoms with Crippen molar-refractivity contribution in [3.8, 4) is 33.4 Å². The summed E-state index contributed by atoms with van der Waals surface area (Å²) >= 11 is 0. The van der Waals surface area contributed by atoms with E-state index >= 15 is 0 Å². The zero-order chi connectivity index (χ0) is 36.1. The van der Waals surface area contributed by atoms with E-state index in [2.05, 4.69) is 179 Å². The lowest BCUT2D eigenvalue weighted by atomic mass is 9.59. The molecule has 246 valence electrons. The zero-order valence-corrected chi connectivity index (χ0v) is 32.2. The van der Waals surface area contributed by atoms with Crippen molar-refractivity contribution >= 4 is 131 Å². The molecule has 1 nitrogen and oxygen atoms in total. The fraction of sp³-hybridized carbons (Fsp3) is 0.0667. The fourth-order valence-corrected chi connectivity index (χ4v) is 10.0. The molecule has 9 rings (SSSR count). The first-order chi connectivity index (χ1) is 25.0. The minimum Gasteiger partial charge on any atom is -0.456 e. The predicted octanol–water partition coefficient (Wildman–Crippen LogP) is 4.39. The van der Waals surface area contributed by atoms with Gasteiger partial charge in [0.15, 0.2) is 0 Å². The summed E-state index contributed by atoms with van der Waals surface area (Å²) in [5.41, 5.74) is 16.3. The van der Waals surface area contributed by atoms with E-state index in [4.69, 9.17) is 4.42 Å². The van der Waals surface area contributed by atoms with Crippen LogP contribution >= 0.6 is 10.0 Å². The molecule has 0 spiro atoms. The highest BCUT2D eigenvalue weighted by Gasteiger charge is 2.23. The summed E-state index contributed by atoms with van der Waals surface area (Å²) in [6, 6.07) is 45.0. The van der Waals surface area contributed by atoms with Crippen molar-refractivity contribution in [2.45, 2.75) is 4.90 Å². The molecule has 1 aromatic heterocycles. The second-order valence-corrected chi connectivity index (χ2v) is 19.5. The standard InChI is InChI=1S/C45H39B5OS/c1-52(2,3)36-17-9-16-34-39(36)32-21-19-26(23-35(32)51-34)37-29-13-6-7-14-30(29)38(40-41(46)43(48)45(50)44(49)42(40)47)33-22-25(18-20-31(33)37)28-15-8-11-24-10-4-5-12-27(24)28/h4-23H,46-50H2,1-3H3. The van der Waals surface area contributed by atoms with Gasteiger partial charge in [0, 0.05) is 15.7 Å². The monoisotopic (exact) mass is 682 g/mol. The zero-order valence-electron chi connectivity index (χ0n) is 31.4. The van der Waals surface area contributed by atoms with Crippen LogP contribution in [0.5, 0.6) is 0 Å². The summed E-state index contributed by atoms with van der Waals surface area (Å²) in [5.74, 6) is 0. The van der Waals surface area contributed by atoms with Crippen molar-refractivity contribution in [3.05, 3.63) is 121 Å². The highest BCUT2D eigenvalue weighted by Crippen LogP contribution is 2.51. The first-order valence-electron chi connectivity index (χ1n) is 18.2. The summed E-state index contributed by atoms with van der Waals surface area (Å²) in [6.45, 7) is 0. The van der Waals surface area contributed by atoms with Crippen LogP contribution in [0.25, 0.3) is 87.6 Å². The summed E-state index contributed by atoms with van der Waals surface area (Å²) in [6.07, 6.45) is 7.09. The number of benzene rings is 8. The second kappa shape index (κ2) is 12.0. The summed E-state index contributed by atoms with van der Waals surface area (Å²) in [4.78, 5) is 1.40. The molecule has 8 aromatic carbocycles. The van der Waals surface area contributed by atoms with Gasteiger partial charge in [-0.25, -0.2) is 10.0 Å². The van der Waals surface area contributed by atoms with Crippen molar-refractivity contribution < 1.29 is 4.42 Å². The Labute approximate surface area is 312 Å². The lowest BCUT2D eigenvalue weighted by Gasteiger charge is -2.26. The first-order valence-corrected chi connectivity index (χ1v) is 21.1. The molecule has 0 aliphatic carbocycles. The molecule has 0 aliphatic rings. The van der Waals surface area contributed by atoms with Crippen LogP contribution in [-0.4, -0.2) is 58.0 Å². The maximum atomic E-state index is 6.67. The van der Waals surface area contributed by atoms with Crippen LogP contribution in [0.4, 0.5) is 0 Å². The number of hydrogen-bond acceptors (Lipinski definition) is 1. The van der Waals surface area contributed by atoms with Gasteiger partial charge in [0.05, 0.1) is 0 Å². The second-order valence-electron chi connectivity index (χ2n) is 15.4. The molecule has 0 fully saturated rings. The molecule has 0 amide bonds. The van der Waals surface area contributed by atoms with E-state index in [1.165, 1.54) is 109 Å². The Morgan fingerprint density at radius 1 is 0.423 bits per heavy atom. The molecule has 0 aliphatic heterocycles. The quantitative estimate of drug-likeness (QED) is 0.199. The lowest BCUT2D eigenvalue weighted by molar-refractivity contribution is 0.668. The van der Waals surface area contributed by atoms with Crippen LogP contribution in [-0.2, 0) is 0 Å². The van der Waals surface area contributed by atoms with Crippen LogP contribution < -0.4 is 27.3 Å². The molecule has 0 radical (unpaired) electrons. The van der Waals surface area contributed by atoms with Gasteiger partial charge >= 0.3 is 0 Å². The summed E-state index contributed by atoms with van der Waals surface area (Å²) < 4.78 is 6.67. The number of rotatable bonds is 4. The molecule has 9 aromatic rings.